The molecular weight excluding hydrogens is 382 g/mol. The monoisotopic (exact) mass is 405 g/mol. The van der Waals surface area contributed by atoms with Gasteiger partial charge in [0.1, 0.15) is 11.6 Å². The summed E-state index contributed by atoms with van der Waals surface area (Å²) in [6, 6.07) is 16.3. The summed E-state index contributed by atoms with van der Waals surface area (Å²) < 4.78 is 7.31. The number of aromatic nitrogens is 4. The lowest BCUT2D eigenvalue weighted by Crippen LogP contribution is -2.12. The molecule has 0 atom stereocenters. The summed E-state index contributed by atoms with van der Waals surface area (Å²) >= 11 is 1.54. The average Bonchev–Trinajstić information content (AvgIpc) is 3.09. The quantitative estimate of drug-likeness (QED) is 0.343. The Morgan fingerprint density at radius 1 is 1.10 bits per heavy atom. The van der Waals surface area contributed by atoms with Crippen LogP contribution in [0.3, 0.4) is 0 Å². The van der Waals surface area contributed by atoms with Gasteiger partial charge in [0.05, 0.1) is 30.6 Å². The summed E-state index contributed by atoms with van der Waals surface area (Å²) in [6.07, 6.45) is 3.78. The second-order valence-electron chi connectivity index (χ2n) is 6.72. The molecule has 0 aliphatic heterocycles. The second-order valence-corrected chi connectivity index (χ2v) is 7.50. The van der Waals surface area contributed by atoms with Crippen molar-refractivity contribution in [2.45, 2.75) is 18.6 Å². The molecule has 2 aromatic heterocycles. The van der Waals surface area contributed by atoms with Gasteiger partial charge >= 0.3 is 0 Å². The molecule has 4 rings (SSSR count). The molecule has 0 N–H and O–H groups in total. The van der Waals surface area contributed by atoms with Crippen LogP contribution in [0.4, 0.5) is 11.5 Å². The molecule has 7 heteroatoms. The number of nitrogens with zero attached hydrogens (tertiary/aromatic N) is 5. The Bertz CT molecular complexity index is 1140. The maximum atomic E-state index is 5.25. The van der Waals surface area contributed by atoms with E-state index in [2.05, 4.69) is 56.8 Å². The number of ether oxygens (including phenoxy) is 1. The molecule has 0 spiro atoms. The van der Waals surface area contributed by atoms with Gasteiger partial charge in [-0.3, -0.25) is 4.68 Å². The summed E-state index contributed by atoms with van der Waals surface area (Å²) in [5.74, 6) is 1.72. The third-order valence-corrected chi connectivity index (χ3v) is 5.49. The highest BCUT2D eigenvalue weighted by Gasteiger charge is 2.16. The Morgan fingerprint density at radius 3 is 2.62 bits per heavy atom. The van der Waals surface area contributed by atoms with Crippen LogP contribution in [0.2, 0.25) is 0 Å². The molecule has 0 unspecified atom stereocenters. The van der Waals surface area contributed by atoms with E-state index in [1.165, 1.54) is 17.3 Å². The molecule has 0 amide bonds. The largest absolute Gasteiger partial charge is 0.497 e. The summed E-state index contributed by atoms with van der Waals surface area (Å²) in [5.41, 5.74) is 4.35. The number of methoxy groups -OCH3 is 1. The highest BCUT2D eigenvalue weighted by Crippen LogP contribution is 2.33. The summed E-state index contributed by atoms with van der Waals surface area (Å²) in [6.45, 7) is 2.75. The zero-order valence-electron chi connectivity index (χ0n) is 17.0. The lowest BCUT2D eigenvalue weighted by atomic mass is 10.1. The molecule has 2 heterocycles. The average molecular weight is 406 g/mol. The molecular formula is C22H23N5OS. The molecule has 6 nitrogen and oxygen atoms in total. The van der Waals surface area contributed by atoms with Gasteiger partial charge in [-0.1, -0.05) is 30.0 Å². The number of hydrogen-bond acceptors (Lipinski definition) is 6. The van der Waals surface area contributed by atoms with Crippen LogP contribution in [0.5, 0.6) is 5.75 Å². The van der Waals surface area contributed by atoms with E-state index in [4.69, 9.17) is 9.84 Å². The highest BCUT2D eigenvalue weighted by molar-refractivity contribution is 7.98. The van der Waals surface area contributed by atoms with E-state index in [0.29, 0.717) is 6.54 Å². The first kappa shape index (κ1) is 19.3. The van der Waals surface area contributed by atoms with Crippen molar-refractivity contribution in [1.29, 1.82) is 0 Å². The molecule has 0 aliphatic rings. The van der Waals surface area contributed by atoms with Crippen LogP contribution in [-0.4, -0.2) is 40.2 Å². The van der Waals surface area contributed by atoms with Gasteiger partial charge in [-0.15, -0.1) is 0 Å². The maximum Gasteiger partial charge on any atom is 0.189 e. The molecule has 4 aromatic rings. The molecule has 0 saturated carbocycles. The molecule has 2 aromatic carbocycles. The van der Waals surface area contributed by atoms with Crippen LogP contribution >= 0.6 is 11.8 Å². The molecule has 29 heavy (non-hydrogen) atoms. The van der Waals surface area contributed by atoms with E-state index in [1.54, 1.807) is 13.3 Å². The van der Waals surface area contributed by atoms with Crippen LogP contribution in [-0.2, 0) is 6.54 Å². The van der Waals surface area contributed by atoms with Gasteiger partial charge in [0.2, 0.25) is 0 Å². The lowest BCUT2D eigenvalue weighted by molar-refractivity contribution is 0.414. The first-order valence-electron chi connectivity index (χ1n) is 9.30. The zero-order valence-corrected chi connectivity index (χ0v) is 17.8. The van der Waals surface area contributed by atoms with E-state index in [9.17, 15) is 0 Å². The van der Waals surface area contributed by atoms with Crippen molar-refractivity contribution in [2.75, 3.05) is 25.3 Å². The minimum atomic E-state index is 0.700. The number of aryl methyl sites for hydroxylation is 1. The SMILES string of the molecule is COc1ccc(Cn2nc(C)c3c(N(C)c4ccnc(SC)n4)cccc32)cc1. The molecule has 0 saturated heterocycles. The third-order valence-electron chi connectivity index (χ3n) is 4.93. The van der Waals surface area contributed by atoms with Gasteiger partial charge < -0.3 is 9.64 Å². The fourth-order valence-corrected chi connectivity index (χ4v) is 3.79. The van der Waals surface area contributed by atoms with Crippen molar-refractivity contribution in [3.05, 3.63) is 66.0 Å². The smallest absolute Gasteiger partial charge is 0.189 e. The predicted octanol–water partition coefficient (Wildman–Crippen LogP) is 4.68. The first-order chi connectivity index (χ1) is 14.1. The molecule has 0 bridgehead atoms. The van der Waals surface area contributed by atoms with Crippen molar-refractivity contribution in [3.63, 3.8) is 0 Å². The maximum absolute atomic E-state index is 5.25. The minimum Gasteiger partial charge on any atom is -0.497 e. The number of fused-ring (bicyclic) bond motifs is 1. The second kappa shape index (κ2) is 8.13. The van der Waals surface area contributed by atoms with Crippen molar-refractivity contribution < 1.29 is 4.74 Å². The van der Waals surface area contributed by atoms with E-state index >= 15 is 0 Å². The number of thioether (sulfide) groups is 1. The summed E-state index contributed by atoms with van der Waals surface area (Å²) in [7, 11) is 3.71. The topological polar surface area (TPSA) is 56.1 Å². The van der Waals surface area contributed by atoms with Crippen molar-refractivity contribution in [3.8, 4) is 5.75 Å². The van der Waals surface area contributed by atoms with Gasteiger partial charge in [-0.05, 0) is 49.1 Å². The number of hydrogen-bond donors (Lipinski definition) is 0. The van der Waals surface area contributed by atoms with Crippen molar-refractivity contribution in [1.82, 2.24) is 19.7 Å². The number of rotatable bonds is 6. The Labute approximate surface area is 174 Å². The molecule has 0 aliphatic carbocycles. The minimum absolute atomic E-state index is 0.700. The Kier molecular flexibility index (Phi) is 5.40. The van der Waals surface area contributed by atoms with E-state index in [-0.39, 0.29) is 0 Å². The van der Waals surface area contributed by atoms with Gasteiger partial charge in [0.15, 0.2) is 5.16 Å². The van der Waals surface area contributed by atoms with Crippen LogP contribution < -0.4 is 9.64 Å². The van der Waals surface area contributed by atoms with Gasteiger partial charge in [0, 0.05) is 18.6 Å². The van der Waals surface area contributed by atoms with Crippen molar-refractivity contribution in [2.24, 2.45) is 0 Å². The molecule has 0 radical (unpaired) electrons. The van der Waals surface area contributed by atoms with Gasteiger partial charge in [0.25, 0.3) is 0 Å². The van der Waals surface area contributed by atoms with E-state index < -0.39 is 0 Å². The fraction of sp³-hybridized carbons (Fsp3) is 0.227. The molecule has 0 fully saturated rings. The van der Waals surface area contributed by atoms with Crippen LogP contribution in [0.1, 0.15) is 11.3 Å². The first-order valence-corrected chi connectivity index (χ1v) is 10.5. The van der Waals surface area contributed by atoms with Crippen LogP contribution in [0.15, 0.2) is 59.9 Å². The fourth-order valence-electron chi connectivity index (χ4n) is 3.44. The third kappa shape index (κ3) is 3.78. The lowest BCUT2D eigenvalue weighted by Gasteiger charge is -2.20. The predicted molar refractivity (Wildman–Crippen MR) is 118 cm³/mol. The van der Waals surface area contributed by atoms with Gasteiger partial charge in [-0.2, -0.15) is 5.10 Å². The standard InChI is InChI=1S/C22H23N5OS/c1-15-21-18(26(2)20-12-13-23-22(24-20)29-4)6-5-7-19(21)27(25-15)14-16-8-10-17(28-3)11-9-16/h5-13H,14H2,1-4H3. The number of benzene rings is 2. The highest BCUT2D eigenvalue weighted by atomic mass is 32.2. The Balaban J connectivity index is 1.73. The summed E-state index contributed by atoms with van der Waals surface area (Å²) in [5, 5.41) is 6.71. The van der Waals surface area contributed by atoms with E-state index in [1.807, 2.05) is 31.5 Å². The Morgan fingerprint density at radius 2 is 1.90 bits per heavy atom. The Hall–Kier alpha value is -3.06. The van der Waals surface area contributed by atoms with Crippen LogP contribution in [0.25, 0.3) is 10.9 Å². The number of anilines is 2. The van der Waals surface area contributed by atoms with E-state index in [0.717, 1.165) is 39.0 Å². The normalized spacial score (nSPS) is 11.0. The van der Waals surface area contributed by atoms with Crippen molar-refractivity contribution >= 4 is 34.2 Å². The zero-order chi connectivity index (χ0) is 20.4. The molecule has 148 valence electrons. The summed E-state index contributed by atoms with van der Waals surface area (Å²) in [4.78, 5) is 11.0. The van der Waals surface area contributed by atoms with Gasteiger partial charge in [-0.25, -0.2) is 9.97 Å². The van der Waals surface area contributed by atoms with Crippen LogP contribution in [0, 0.1) is 6.92 Å².